The molecule has 3 rings (SSSR count). The van der Waals surface area contributed by atoms with E-state index in [9.17, 15) is 14.4 Å². The van der Waals surface area contributed by atoms with Crippen LogP contribution >= 0.6 is 0 Å². The van der Waals surface area contributed by atoms with Gasteiger partial charge in [-0.25, -0.2) is 14.8 Å². The highest BCUT2D eigenvalue weighted by Crippen LogP contribution is 2.32. The zero-order chi connectivity index (χ0) is 24.0. The monoisotopic (exact) mass is 454 g/mol. The summed E-state index contributed by atoms with van der Waals surface area (Å²) in [7, 11) is 1.70. The van der Waals surface area contributed by atoms with Gasteiger partial charge in [0.2, 0.25) is 11.8 Å². The van der Waals surface area contributed by atoms with Crippen LogP contribution in [0, 0.1) is 0 Å². The van der Waals surface area contributed by atoms with Crippen molar-refractivity contribution in [1.29, 1.82) is 0 Å². The average Bonchev–Trinajstić information content (AvgIpc) is 3.28. The van der Waals surface area contributed by atoms with Gasteiger partial charge in [-0.1, -0.05) is 12.1 Å². The van der Waals surface area contributed by atoms with E-state index >= 15 is 0 Å². The van der Waals surface area contributed by atoms with Crippen LogP contribution in [-0.4, -0.2) is 70.3 Å². The van der Waals surface area contributed by atoms with Gasteiger partial charge in [-0.3, -0.25) is 9.59 Å². The van der Waals surface area contributed by atoms with Crippen LogP contribution in [0.3, 0.4) is 0 Å². The highest BCUT2D eigenvalue weighted by atomic mass is 16.5. The summed E-state index contributed by atoms with van der Waals surface area (Å²) >= 11 is 0. The summed E-state index contributed by atoms with van der Waals surface area (Å²) in [5, 5.41) is 0. The van der Waals surface area contributed by atoms with Gasteiger partial charge in [0.1, 0.15) is 18.3 Å². The lowest BCUT2D eigenvalue weighted by molar-refractivity contribution is -0.154. The van der Waals surface area contributed by atoms with Crippen molar-refractivity contribution in [3.63, 3.8) is 0 Å². The summed E-state index contributed by atoms with van der Waals surface area (Å²) < 4.78 is 10.9. The first-order valence-electron chi connectivity index (χ1n) is 11.1. The summed E-state index contributed by atoms with van der Waals surface area (Å²) in [6.45, 7) is 6.64. The number of ether oxygens (including phenoxy) is 2. The van der Waals surface area contributed by atoms with Gasteiger partial charge in [0.05, 0.1) is 12.3 Å². The van der Waals surface area contributed by atoms with Crippen molar-refractivity contribution in [2.24, 2.45) is 0 Å². The molecular formula is C24H30N4O5. The first-order chi connectivity index (χ1) is 15.8. The quantitative estimate of drug-likeness (QED) is 0.565. The molecule has 0 spiro atoms. The molecule has 1 aliphatic heterocycles. The Bertz CT molecular complexity index is 995. The number of amides is 2. The minimum absolute atomic E-state index is 0.0294. The van der Waals surface area contributed by atoms with Crippen LogP contribution in [0.15, 0.2) is 36.5 Å². The molecule has 176 valence electrons. The molecule has 2 atom stereocenters. The lowest BCUT2D eigenvalue weighted by Gasteiger charge is -2.21. The Labute approximate surface area is 193 Å². The maximum atomic E-state index is 12.9. The second-order valence-corrected chi connectivity index (χ2v) is 7.92. The predicted molar refractivity (Wildman–Crippen MR) is 121 cm³/mol. The summed E-state index contributed by atoms with van der Waals surface area (Å²) in [6, 6.07) is 8.05. The first-order valence-corrected chi connectivity index (χ1v) is 11.1. The maximum Gasteiger partial charge on any atom is 0.329 e. The van der Waals surface area contributed by atoms with Crippen LogP contribution < -0.4 is 4.74 Å². The maximum absolute atomic E-state index is 12.9. The number of rotatable bonds is 8. The topological polar surface area (TPSA) is 102 Å². The van der Waals surface area contributed by atoms with E-state index in [1.54, 1.807) is 42.4 Å². The fourth-order valence-electron chi connectivity index (χ4n) is 3.77. The van der Waals surface area contributed by atoms with E-state index in [-0.39, 0.29) is 24.3 Å². The highest BCUT2D eigenvalue weighted by Gasteiger charge is 2.40. The summed E-state index contributed by atoms with van der Waals surface area (Å²) in [4.78, 5) is 49.1. The first kappa shape index (κ1) is 24.2. The zero-order valence-corrected chi connectivity index (χ0v) is 19.5. The van der Waals surface area contributed by atoms with Gasteiger partial charge in [0.15, 0.2) is 0 Å². The molecule has 0 aliphatic carbocycles. The Balaban J connectivity index is 1.66. The number of aromatic nitrogens is 2. The lowest BCUT2D eigenvalue weighted by atomic mass is 9.98. The van der Waals surface area contributed by atoms with Gasteiger partial charge in [0, 0.05) is 45.2 Å². The number of pyridine rings is 2. The smallest absolute Gasteiger partial charge is 0.329 e. The van der Waals surface area contributed by atoms with Crippen LogP contribution in [0.5, 0.6) is 5.88 Å². The summed E-state index contributed by atoms with van der Waals surface area (Å²) in [5.41, 5.74) is 1.70. The van der Waals surface area contributed by atoms with E-state index in [2.05, 4.69) is 9.97 Å². The van der Waals surface area contributed by atoms with E-state index in [4.69, 9.17) is 9.47 Å². The molecule has 0 radical (unpaired) electrons. The average molecular weight is 455 g/mol. The lowest BCUT2D eigenvalue weighted by Crippen LogP contribution is -2.40. The van der Waals surface area contributed by atoms with E-state index in [0.29, 0.717) is 43.4 Å². The number of carbonyl (C=O) groups excluding carboxylic acids is 3. The number of hydrogen-bond donors (Lipinski definition) is 0. The van der Waals surface area contributed by atoms with Crippen LogP contribution in [-0.2, 0) is 20.9 Å². The van der Waals surface area contributed by atoms with Crippen LogP contribution in [0.2, 0.25) is 0 Å². The van der Waals surface area contributed by atoms with Crippen molar-refractivity contribution in [3.05, 3.63) is 53.5 Å². The van der Waals surface area contributed by atoms with Gasteiger partial charge in [-0.05, 0) is 38.0 Å². The SMILES string of the molecule is CCOc1ccc(C2C[C@H](C(=O)OCc3cccc(C(=O)N(C)CC)n3)N(C(C)=O)C2)cn1. The van der Waals surface area contributed by atoms with E-state index in [1.165, 1.54) is 11.8 Å². The second kappa shape index (κ2) is 10.9. The molecule has 33 heavy (non-hydrogen) atoms. The molecule has 1 fully saturated rings. The summed E-state index contributed by atoms with van der Waals surface area (Å²) in [5.74, 6) is -0.367. The second-order valence-electron chi connectivity index (χ2n) is 7.92. The minimum Gasteiger partial charge on any atom is -0.478 e. The number of carbonyl (C=O) groups is 3. The van der Waals surface area contributed by atoms with E-state index < -0.39 is 12.0 Å². The molecule has 9 heteroatoms. The number of hydrogen-bond acceptors (Lipinski definition) is 7. The zero-order valence-electron chi connectivity index (χ0n) is 19.5. The van der Waals surface area contributed by atoms with Crippen molar-refractivity contribution in [3.8, 4) is 5.88 Å². The Kier molecular flexibility index (Phi) is 7.97. The fourth-order valence-corrected chi connectivity index (χ4v) is 3.77. The van der Waals surface area contributed by atoms with Crippen molar-refractivity contribution < 1.29 is 23.9 Å². The van der Waals surface area contributed by atoms with Crippen molar-refractivity contribution in [2.75, 3.05) is 26.7 Å². The largest absolute Gasteiger partial charge is 0.478 e. The molecule has 2 aromatic heterocycles. The number of likely N-dealkylation sites (tertiary alicyclic amines) is 1. The Morgan fingerprint density at radius 1 is 1.18 bits per heavy atom. The van der Waals surface area contributed by atoms with Crippen molar-refractivity contribution in [1.82, 2.24) is 19.8 Å². The van der Waals surface area contributed by atoms with Crippen molar-refractivity contribution in [2.45, 2.75) is 45.8 Å². The van der Waals surface area contributed by atoms with E-state index in [0.717, 1.165) is 5.56 Å². The number of esters is 1. The third-order valence-electron chi connectivity index (χ3n) is 5.71. The fraction of sp³-hybridized carbons (Fsp3) is 0.458. The Morgan fingerprint density at radius 2 is 1.97 bits per heavy atom. The minimum atomic E-state index is -0.685. The Morgan fingerprint density at radius 3 is 2.61 bits per heavy atom. The normalized spacial score (nSPS) is 17.5. The van der Waals surface area contributed by atoms with Gasteiger partial charge >= 0.3 is 5.97 Å². The molecule has 0 N–H and O–H groups in total. The molecule has 0 bridgehead atoms. The molecular weight excluding hydrogens is 424 g/mol. The van der Waals surface area contributed by atoms with Crippen molar-refractivity contribution >= 4 is 17.8 Å². The van der Waals surface area contributed by atoms with Crippen LogP contribution in [0.4, 0.5) is 0 Å². The molecule has 1 unspecified atom stereocenters. The number of nitrogens with zero attached hydrogens (tertiary/aromatic N) is 4. The Hall–Kier alpha value is -3.49. The molecule has 0 saturated carbocycles. The van der Waals surface area contributed by atoms with Crippen LogP contribution in [0.25, 0.3) is 0 Å². The van der Waals surface area contributed by atoms with Gasteiger partial charge in [0.25, 0.3) is 5.91 Å². The van der Waals surface area contributed by atoms with E-state index in [1.807, 2.05) is 19.9 Å². The summed E-state index contributed by atoms with van der Waals surface area (Å²) in [6.07, 6.45) is 2.17. The van der Waals surface area contributed by atoms with Gasteiger partial charge < -0.3 is 19.3 Å². The molecule has 2 aromatic rings. The molecule has 1 saturated heterocycles. The molecule has 2 amide bonds. The molecule has 3 heterocycles. The van der Waals surface area contributed by atoms with Crippen LogP contribution in [0.1, 0.15) is 54.9 Å². The molecule has 0 aromatic carbocycles. The third kappa shape index (κ3) is 5.85. The van der Waals surface area contributed by atoms with Gasteiger partial charge in [-0.2, -0.15) is 0 Å². The third-order valence-corrected chi connectivity index (χ3v) is 5.71. The van der Waals surface area contributed by atoms with Gasteiger partial charge in [-0.15, -0.1) is 0 Å². The molecule has 1 aliphatic rings. The predicted octanol–water partition coefficient (Wildman–Crippen LogP) is 2.42. The standard InChI is InChI=1S/C24H30N4O5/c1-5-27(4)23(30)20-9-7-8-19(26-20)15-33-24(31)21-12-18(14-28(21)16(3)29)17-10-11-22(25-13-17)32-6-2/h7-11,13,18,21H,5-6,12,14-15H2,1-4H3/t18?,21-/m1/s1. The molecule has 9 nitrogen and oxygen atoms in total. The highest BCUT2D eigenvalue weighted by molar-refractivity contribution is 5.92.